The number of pyridine rings is 1. The van der Waals surface area contributed by atoms with Crippen molar-refractivity contribution in [1.82, 2.24) is 10.3 Å². The Hall–Kier alpha value is -2.64. The van der Waals surface area contributed by atoms with Gasteiger partial charge >= 0.3 is 5.97 Å². The fourth-order valence-corrected chi connectivity index (χ4v) is 4.62. The van der Waals surface area contributed by atoms with E-state index in [1.165, 1.54) is 12.0 Å². The van der Waals surface area contributed by atoms with Crippen LogP contribution in [0.4, 0.5) is 5.82 Å². The van der Waals surface area contributed by atoms with Crippen LogP contribution in [0.15, 0.2) is 36.4 Å². The summed E-state index contributed by atoms with van der Waals surface area (Å²) in [6, 6.07) is 9.88. The van der Waals surface area contributed by atoms with Crippen molar-refractivity contribution in [2.75, 3.05) is 18.5 Å². The number of aliphatic carboxylic acids is 1. The number of hydrogen-bond acceptors (Lipinski definition) is 5. The van der Waals surface area contributed by atoms with Gasteiger partial charge < -0.3 is 20.5 Å². The number of fused-ring (bicyclic) bond motifs is 1. The Morgan fingerprint density at radius 1 is 1.24 bits per heavy atom. The maximum Gasteiger partial charge on any atom is 0.326 e. The molecule has 0 unspecified atom stereocenters. The maximum absolute atomic E-state index is 12.3. The number of nitrogens with one attached hydrogen (secondary N) is 2. The smallest absolute Gasteiger partial charge is 0.326 e. The van der Waals surface area contributed by atoms with Crippen LogP contribution in [0.3, 0.4) is 0 Å². The third-order valence-corrected chi connectivity index (χ3v) is 6.76. The van der Waals surface area contributed by atoms with Crippen LogP contribution in [0.2, 0.25) is 5.02 Å². The van der Waals surface area contributed by atoms with Crippen molar-refractivity contribution in [3.63, 3.8) is 0 Å². The van der Waals surface area contributed by atoms with Crippen molar-refractivity contribution in [1.29, 1.82) is 0 Å². The van der Waals surface area contributed by atoms with Gasteiger partial charge in [-0.2, -0.15) is 0 Å². The van der Waals surface area contributed by atoms with Crippen LogP contribution in [0.25, 0.3) is 0 Å². The van der Waals surface area contributed by atoms with E-state index in [1.807, 2.05) is 0 Å². The van der Waals surface area contributed by atoms with E-state index in [2.05, 4.69) is 22.8 Å². The number of halogens is 1. The molecule has 1 aliphatic carbocycles. The Balaban J connectivity index is 1.15. The zero-order valence-electron chi connectivity index (χ0n) is 18.6. The molecule has 1 aliphatic heterocycles. The summed E-state index contributed by atoms with van der Waals surface area (Å²) in [5.74, 6) is 0.0689. The van der Waals surface area contributed by atoms with Crippen LogP contribution in [-0.4, -0.2) is 47.3 Å². The number of hydrogen-bond donors (Lipinski definition) is 3. The highest BCUT2D eigenvalue weighted by atomic mass is 35.5. The summed E-state index contributed by atoms with van der Waals surface area (Å²) in [6.45, 7) is 1.28. The number of carboxylic acids is 1. The summed E-state index contributed by atoms with van der Waals surface area (Å²) in [4.78, 5) is 28.7. The minimum atomic E-state index is -1.09. The van der Waals surface area contributed by atoms with E-state index in [9.17, 15) is 14.7 Å². The van der Waals surface area contributed by atoms with Crippen molar-refractivity contribution in [2.45, 2.75) is 57.1 Å². The first-order chi connectivity index (χ1) is 16.0. The number of aromatic nitrogens is 1. The molecule has 0 spiro atoms. The van der Waals surface area contributed by atoms with Crippen molar-refractivity contribution >= 4 is 29.3 Å². The lowest BCUT2D eigenvalue weighted by atomic mass is 9.79. The number of aryl methyl sites for hydroxylation is 2. The highest BCUT2D eigenvalue weighted by Crippen LogP contribution is 2.34. The van der Waals surface area contributed by atoms with E-state index in [-0.39, 0.29) is 29.7 Å². The molecule has 0 radical (unpaired) electrons. The summed E-state index contributed by atoms with van der Waals surface area (Å²) in [6.07, 6.45) is 6.63. The van der Waals surface area contributed by atoms with Crippen LogP contribution >= 0.6 is 11.6 Å². The predicted octanol–water partition coefficient (Wildman–Crippen LogP) is 4.09. The van der Waals surface area contributed by atoms with Crippen LogP contribution in [0.5, 0.6) is 0 Å². The average Bonchev–Trinajstić information content (AvgIpc) is 2.79. The van der Waals surface area contributed by atoms with E-state index in [4.69, 9.17) is 21.3 Å². The minimum Gasteiger partial charge on any atom is -0.480 e. The second-order valence-corrected chi connectivity index (χ2v) is 9.25. The third kappa shape index (κ3) is 6.24. The van der Waals surface area contributed by atoms with E-state index in [0.29, 0.717) is 5.92 Å². The summed E-state index contributed by atoms with van der Waals surface area (Å²) in [5, 5.41) is 15.7. The molecule has 176 valence electrons. The Morgan fingerprint density at radius 3 is 2.85 bits per heavy atom. The number of rotatable bonds is 10. The topological polar surface area (TPSA) is 101 Å². The molecule has 0 saturated heterocycles. The summed E-state index contributed by atoms with van der Waals surface area (Å²) >= 11 is 6.02. The molecule has 1 aromatic heterocycles. The predicted molar refractivity (Wildman–Crippen MR) is 127 cm³/mol. The third-order valence-electron chi connectivity index (χ3n) is 6.43. The largest absolute Gasteiger partial charge is 0.480 e. The summed E-state index contributed by atoms with van der Waals surface area (Å²) < 4.78 is 5.86. The van der Waals surface area contributed by atoms with E-state index in [1.54, 1.807) is 24.3 Å². The molecule has 1 amide bonds. The summed E-state index contributed by atoms with van der Waals surface area (Å²) in [5.41, 5.74) is 2.70. The van der Waals surface area contributed by atoms with Gasteiger partial charge in [-0.3, -0.25) is 4.79 Å². The van der Waals surface area contributed by atoms with Gasteiger partial charge in [-0.25, -0.2) is 9.78 Å². The molecular formula is C25H30ClN3O4. The van der Waals surface area contributed by atoms with Gasteiger partial charge in [0.05, 0.1) is 16.7 Å². The molecule has 33 heavy (non-hydrogen) atoms. The van der Waals surface area contributed by atoms with Gasteiger partial charge in [-0.05, 0) is 68.2 Å². The van der Waals surface area contributed by atoms with Crippen LogP contribution in [0.1, 0.15) is 53.7 Å². The van der Waals surface area contributed by atoms with Gasteiger partial charge in [0.1, 0.15) is 11.9 Å². The number of ether oxygens (including phenoxy) is 1. The second kappa shape index (κ2) is 11.0. The van der Waals surface area contributed by atoms with E-state index >= 15 is 0 Å². The van der Waals surface area contributed by atoms with Gasteiger partial charge in [0.2, 0.25) is 0 Å². The van der Waals surface area contributed by atoms with E-state index in [0.717, 1.165) is 50.2 Å². The Bertz CT molecular complexity index is 993. The SMILES string of the molecule is O=C(N[C@@H](CCO[C@H]1C[C@H](CCc2ccc3c(n2)NCCC3)C1)C(=O)O)c1ccccc1Cl. The number of carboxylic acid groups (broad SMARTS) is 1. The molecule has 2 aliphatic rings. The molecule has 7 nitrogen and oxygen atoms in total. The van der Waals surface area contributed by atoms with Gasteiger partial charge in [0, 0.05) is 25.3 Å². The second-order valence-electron chi connectivity index (χ2n) is 8.84. The van der Waals surface area contributed by atoms with Crippen LogP contribution < -0.4 is 10.6 Å². The van der Waals surface area contributed by atoms with Gasteiger partial charge in [0.15, 0.2) is 0 Å². The molecule has 2 aromatic rings. The molecule has 1 saturated carbocycles. The van der Waals surface area contributed by atoms with Gasteiger partial charge in [-0.15, -0.1) is 0 Å². The number of amides is 1. The van der Waals surface area contributed by atoms with Crippen LogP contribution in [-0.2, 0) is 22.4 Å². The Kier molecular flexibility index (Phi) is 7.83. The van der Waals surface area contributed by atoms with E-state index < -0.39 is 17.9 Å². The lowest BCUT2D eigenvalue weighted by Gasteiger charge is -2.35. The number of carbonyl (C=O) groups is 2. The normalized spacial score (nSPS) is 20.2. The first-order valence-corrected chi connectivity index (χ1v) is 12.0. The molecule has 1 aromatic carbocycles. The van der Waals surface area contributed by atoms with Gasteiger partial charge in [0.25, 0.3) is 5.91 Å². The first-order valence-electron chi connectivity index (χ1n) is 11.6. The number of benzene rings is 1. The number of carbonyl (C=O) groups excluding carboxylic acids is 1. The Labute approximate surface area is 198 Å². The molecule has 8 heteroatoms. The zero-order valence-corrected chi connectivity index (χ0v) is 19.3. The molecule has 3 N–H and O–H groups in total. The highest BCUT2D eigenvalue weighted by Gasteiger charge is 2.30. The molecule has 0 bridgehead atoms. The fraction of sp³-hybridized carbons (Fsp3) is 0.480. The number of nitrogens with zero attached hydrogens (tertiary/aromatic N) is 1. The lowest BCUT2D eigenvalue weighted by molar-refractivity contribution is -0.140. The minimum absolute atomic E-state index is 0.155. The van der Waals surface area contributed by atoms with Gasteiger partial charge in [-0.1, -0.05) is 29.8 Å². The number of anilines is 1. The van der Waals surface area contributed by atoms with Crippen molar-refractivity contribution in [3.05, 3.63) is 58.2 Å². The quantitative estimate of drug-likeness (QED) is 0.482. The molecule has 2 heterocycles. The Morgan fingerprint density at radius 2 is 2.06 bits per heavy atom. The standard InChI is InChI=1S/C25H30ClN3O4/c26-21-6-2-1-5-20(21)24(30)29-22(25(31)32)11-13-33-19-14-16(15-19)7-9-18-10-8-17-4-3-12-27-23(17)28-18/h1-2,5-6,8,10,16,19,22H,3-4,7,9,11-15H2,(H,27,28)(H,29,30)(H,31,32)/t16-,19-,22-/m0/s1. The molecule has 1 fully saturated rings. The monoisotopic (exact) mass is 471 g/mol. The van der Waals surface area contributed by atoms with Crippen LogP contribution in [0, 0.1) is 5.92 Å². The molecule has 1 atom stereocenters. The maximum atomic E-state index is 12.3. The molecule has 4 rings (SSSR count). The average molecular weight is 472 g/mol. The highest BCUT2D eigenvalue weighted by molar-refractivity contribution is 6.33. The van der Waals surface area contributed by atoms with Crippen molar-refractivity contribution < 1.29 is 19.4 Å². The first kappa shape index (κ1) is 23.5. The fourth-order valence-electron chi connectivity index (χ4n) is 4.40. The van der Waals surface area contributed by atoms with Crippen molar-refractivity contribution in [3.8, 4) is 0 Å². The zero-order chi connectivity index (χ0) is 23.2. The summed E-state index contributed by atoms with van der Waals surface area (Å²) in [7, 11) is 0. The van der Waals surface area contributed by atoms with Crippen molar-refractivity contribution in [2.24, 2.45) is 5.92 Å². The molecular weight excluding hydrogens is 442 g/mol. The lowest BCUT2D eigenvalue weighted by Crippen LogP contribution is -2.42.